The lowest BCUT2D eigenvalue weighted by atomic mass is 9.98. The van der Waals surface area contributed by atoms with Crippen LogP contribution in [0.3, 0.4) is 0 Å². The Balaban J connectivity index is 2.65. The molecule has 0 bridgehead atoms. The van der Waals surface area contributed by atoms with Crippen LogP contribution in [0, 0.1) is 0 Å². The van der Waals surface area contributed by atoms with Gasteiger partial charge in [0.25, 0.3) is 0 Å². The third-order valence-electron chi connectivity index (χ3n) is 2.61. The first-order valence-electron chi connectivity index (χ1n) is 5.26. The number of nitrogen functional groups attached to an aromatic ring is 1. The second-order valence-corrected chi connectivity index (χ2v) is 3.73. The summed E-state index contributed by atoms with van der Waals surface area (Å²) in [5.74, 6) is 5.32. The van der Waals surface area contributed by atoms with Crippen molar-refractivity contribution in [1.29, 1.82) is 0 Å². The van der Waals surface area contributed by atoms with Crippen molar-refractivity contribution >= 4 is 5.69 Å². The zero-order chi connectivity index (χ0) is 13.2. The fourth-order valence-electron chi connectivity index (χ4n) is 1.81. The van der Waals surface area contributed by atoms with Crippen LogP contribution < -0.4 is 11.3 Å². The molecule has 0 aliphatic carbocycles. The quantitative estimate of drug-likeness (QED) is 0.632. The van der Waals surface area contributed by atoms with Gasteiger partial charge in [0.15, 0.2) is 0 Å². The average Bonchev–Trinajstić information content (AvgIpc) is 2.37. The number of hydrogen-bond acceptors (Lipinski definition) is 2. The molecule has 0 amide bonds. The van der Waals surface area contributed by atoms with E-state index < -0.39 is 11.7 Å². The van der Waals surface area contributed by atoms with Crippen LogP contribution in [0.4, 0.5) is 18.9 Å². The number of anilines is 1. The van der Waals surface area contributed by atoms with E-state index >= 15 is 0 Å². The average molecular weight is 252 g/mol. The monoisotopic (exact) mass is 252 g/mol. The number of halogens is 3. The lowest BCUT2D eigenvalue weighted by molar-refractivity contribution is -0.137. The fourth-order valence-corrected chi connectivity index (χ4v) is 1.81. The van der Waals surface area contributed by atoms with Gasteiger partial charge in [-0.3, -0.25) is 5.84 Å². The summed E-state index contributed by atoms with van der Waals surface area (Å²) in [5.41, 5.74) is 2.72. The van der Waals surface area contributed by atoms with Crippen LogP contribution in [0.15, 0.2) is 48.5 Å². The molecule has 94 valence electrons. The van der Waals surface area contributed by atoms with Crippen LogP contribution in [-0.4, -0.2) is 0 Å². The van der Waals surface area contributed by atoms with E-state index in [1.165, 1.54) is 12.1 Å². The van der Waals surface area contributed by atoms with Crippen molar-refractivity contribution in [3.05, 3.63) is 54.1 Å². The fraction of sp³-hybridized carbons (Fsp3) is 0.0769. The molecule has 2 aromatic carbocycles. The first kappa shape index (κ1) is 12.4. The van der Waals surface area contributed by atoms with E-state index in [1.54, 1.807) is 30.3 Å². The molecule has 0 aromatic heterocycles. The molecule has 0 radical (unpaired) electrons. The number of nitrogens with one attached hydrogen (secondary N) is 1. The normalized spacial score (nSPS) is 11.3. The minimum absolute atomic E-state index is 0.110. The molecule has 18 heavy (non-hydrogen) atoms. The molecule has 2 aromatic rings. The highest BCUT2D eigenvalue weighted by molar-refractivity contribution is 5.79. The van der Waals surface area contributed by atoms with Gasteiger partial charge in [-0.05, 0) is 17.7 Å². The van der Waals surface area contributed by atoms with Crippen LogP contribution in [0.25, 0.3) is 11.1 Å². The molecular weight excluding hydrogens is 241 g/mol. The summed E-state index contributed by atoms with van der Waals surface area (Å²) in [6, 6.07) is 12.0. The van der Waals surface area contributed by atoms with E-state index in [-0.39, 0.29) is 5.56 Å². The van der Waals surface area contributed by atoms with E-state index in [1.807, 2.05) is 0 Å². The summed E-state index contributed by atoms with van der Waals surface area (Å²) < 4.78 is 38.8. The Morgan fingerprint density at radius 2 is 1.39 bits per heavy atom. The summed E-state index contributed by atoms with van der Waals surface area (Å²) in [7, 11) is 0. The predicted octanol–water partition coefficient (Wildman–Crippen LogP) is 3.66. The van der Waals surface area contributed by atoms with E-state index in [0.29, 0.717) is 11.3 Å². The van der Waals surface area contributed by atoms with Crippen molar-refractivity contribution in [2.75, 3.05) is 5.43 Å². The number of hydrazine groups is 1. The van der Waals surface area contributed by atoms with E-state index in [0.717, 1.165) is 6.07 Å². The van der Waals surface area contributed by atoms with Gasteiger partial charge in [-0.1, -0.05) is 36.4 Å². The summed E-state index contributed by atoms with van der Waals surface area (Å²) in [6.45, 7) is 0. The van der Waals surface area contributed by atoms with E-state index in [4.69, 9.17) is 5.84 Å². The third kappa shape index (κ3) is 2.31. The van der Waals surface area contributed by atoms with Gasteiger partial charge in [-0.25, -0.2) is 0 Å². The highest BCUT2D eigenvalue weighted by Gasteiger charge is 2.33. The molecule has 2 rings (SSSR count). The molecule has 0 fully saturated rings. The third-order valence-corrected chi connectivity index (χ3v) is 2.61. The molecule has 0 spiro atoms. The summed E-state index contributed by atoms with van der Waals surface area (Å²) >= 11 is 0. The molecular formula is C13H11F3N2. The first-order chi connectivity index (χ1) is 8.54. The number of benzene rings is 2. The van der Waals surface area contributed by atoms with Crippen LogP contribution in [0.1, 0.15) is 5.56 Å². The lowest BCUT2D eigenvalue weighted by Crippen LogP contribution is -2.10. The largest absolute Gasteiger partial charge is 0.417 e. The molecule has 0 heterocycles. The first-order valence-corrected chi connectivity index (χ1v) is 5.26. The second-order valence-electron chi connectivity index (χ2n) is 3.73. The van der Waals surface area contributed by atoms with E-state index in [9.17, 15) is 13.2 Å². The molecule has 0 saturated heterocycles. The predicted molar refractivity (Wildman–Crippen MR) is 64.7 cm³/mol. The zero-order valence-corrected chi connectivity index (χ0v) is 9.33. The van der Waals surface area contributed by atoms with Gasteiger partial charge >= 0.3 is 6.18 Å². The van der Waals surface area contributed by atoms with E-state index in [2.05, 4.69) is 5.43 Å². The maximum atomic E-state index is 12.9. The number of rotatable bonds is 2. The van der Waals surface area contributed by atoms with Gasteiger partial charge in [0.1, 0.15) is 0 Å². The lowest BCUT2D eigenvalue weighted by Gasteiger charge is -2.15. The summed E-state index contributed by atoms with van der Waals surface area (Å²) in [5, 5.41) is 0. The van der Waals surface area contributed by atoms with Gasteiger partial charge in [0.05, 0.1) is 11.3 Å². The molecule has 5 heteroatoms. The number of hydrogen-bond donors (Lipinski definition) is 2. The maximum absolute atomic E-state index is 12.9. The maximum Gasteiger partial charge on any atom is 0.417 e. The molecule has 0 aliphatic rings. The van der Waals surface area contributed by atoms with Crippen molar-refractivity contribution in [3.8, 4) is 11.1 Å². The SMILES string of the molecule is NNc1ccccc1-c1ccccc1C(F)(F)F. The number of nitrogens with two attached hydrogens (primary N) is 1. The Labute approximate surface area is 102 Å². The standard InChI is InChI=1S/C13H11F3N2/c14-13(15,16)11-7-3-1-5-9(11)10-6-2-4-8-12(10)18-17/h1-8,18H,17H2. The smallest absolute Gasteiger partial charge is 0.324 e. The molecule has 3 N–H and O–H groups in total. The highest BCUT2D eigenvalue weighted by atomic mass is 19.4. The molecule has 0 unspecified atom stereocenters. The van der Waals surface area contributed by atoms with Crippen LogP contribution in [-0.2, 0) is 6.18 Å². The van der Waals surface area contributed by atoms with Gasteiger partial charge in [-0.2, -0.15) is 13.2 Å². The van der Waals surface area contributed by atoms with Gasteiger partial charge in [0.2, 0.25) is 0 Å². The number of para-hydroxylation sites is 1. The Bertz CT molecular complexity index is 550. The van der Waals surface area contributed by atoms with Gasteiger partial charge in [-0.15, -0.1) is 0 Å². The Kier molecular flexibility index (Phi) is 3.25. The Morgan fingerprint density at radius 3 is 2.00 bits per heavy atom. The molecule has 0 atom stereocenters. The molecule has 0 saturated carbocycles. The second kappa shape index (κ2) is 4.70. The summed E-state index contributed by atoms with van der Waals surface area (Å²) in [4.78, 5) is 0. The highest BCUT2D eigenvalue weighted by Crippen LogP contribution is 2.39. The van der Waals surface area contributed by atoms with Crippen molar-refractivity contribution in [2.45, 2.75) is 6.18 Å². The van der Waals surface area contributed by atoms with Gasteiger partial charge in [0, 0.05) is 5.56 Å². The molecule has 2 nitrogen and oxygen atoms in total. The minimum atomic E-state index is -4.39. The topological polar surface area (TPSA) is 38.0 Å². The van der Waals surface area contributed by atoms with Crippen molar-refractivity contribution in [3.63, 3.8) is 0 Å². The minimum Gasteiger partial charge on any atom is -0.324 e. The Morgan fingerprint density at radius 1 is 0.833 bits per heavy atom. The van der Waals surface area contributed by atoms with Crippen LogP contribution in [0.5, 0.6) is 0 Å². The van der Waals surface area contributed by atoms with Crippen LogP contribution >= 0.6 is 0 Å². The number of alkyl halides is 3. The summed E-state index contributed by atoms with van der Waals surface area (Å²) in [6.07, 6.45) is -4.39. The van der Waals surface area contributed by atoms with Crippen LogP contribution in [0.2, 0.25) is 0 Å². The van der Waals surface area contributed by atoms with Crippen molar-refractivity contribution < 1.29 is 13.2 Å². The van der Waals surface area contributed by atoms with Gasteiger partial charge < -0.3 is 5.43 Å². The molecule has 0 aliphatic heterocycles. The Hall–Kier alpha value is -2.01. The van der Waals surface area contributed by atoms with Crippen molar-refractivity contribution in [2.24, 2.45) is 5.84 Å². The zero-order valence-electron chi connectivity index (χ0n) is 9.33. The van der Waals surface area contributed by atoms with Crippen molar-refractivity contribution in [1.82, 2.24) is 0 Å².